The quantitative estimate of drug-likeness (QED) is 0.803. The van der Waals surface area contributed by atoms with Crippen LogP contribution in [0.1, 0.15) is 32.6 Å². The fourth-order valence-corrected chi connectivity index (χ4v) is 3.87. The van der Waals surface area contributed by atoms with E-state index in [2.05, 4.69) is 5.32 Å². The van der Waals surface area contributed by atoms with Gasteiger partial charge in [0.2, 0.25) is 0 Å². The lowest BCUT2D eigenvalue weighted by molar-refractivity contribution is -0.195. The lowest BCUT2D eigenvalue weighted by atomic mass is 9.70. The third-order valence-electron chi connectivity index (χ3n) is 5.16. The van der Waals surface area contributed by atoms with Crippen molar-refractivity contribution in [1.29, 1.82) is 0 Å². The molecule has 4 atom stereocenters. The van der Waals surface area contributed by atoms with E-state index in [0.29, 0.717) is 26.2 Å². The van der Waals surface area contributed by atoms with Crippen molar-refractivity contribution in [2.75, 3.05) is 26.3 Å². The molecule has 2 aliphatic heterocycles. The van der Waals surface area contributed by atoms with Crippen LogP contribution in [-0.2, 0) is 14.3 Å². The second-order valence-electron chi connectivity index (χ2n) is 6.36. The highest BCUT2D eigenvalue weighted by molar-refractivity contribution is 5.77. The van der Waals surface area contributed by atoms with Gasteiger partial charge >= 0.3 is 12.0 Å². The largest absolute Gasteiger partial charge is 0.481 e. The van der Waals surface area contributed by atoms with Crippen LogP contribution in [-0.4, -0.2) is 66.1 Å². The summed E-state index contributed by atoms with van der Waals surface area (Å²) in [5, 5.41) is 12.0. The van der Waals surface area contributed by atoms with Crippen molar-refractivity contribution in [3.8, 4) is 0 Å². The van der Waals surface area contributed by atoms with Crippen molar-refractivity contribution in [3.63, 3.8) is 0 Å². The van der Waals surface area contributed by atoms with E-state index in [4.69, 9.17) is 14.6 Å². The Morgan fingerprint density at radius 2 is 2.32 bits per heavy atom. The molecule has 2 amide bonds. The Balaban J connectivity index is 1.57. The first-order valence-electron chi connectivity index (χ1n) is 8.10. The zero-order chi connectivity index (χ0) is 15.7. The van der Waals surface area contributed by atoms with Gasteiger partial charge in [-0.15, -0.1) is 0 Å². The van der Waals surface area contributed by atoms with Crippen molar-refractivity contribution in [2.24, 2.45) is 5.92 Å². The number of carboxylic acid groups (broad SMARTS) is 1. The van der Waals surface area contributed by atoms with E-state index in [1.807, 2.05) is 6.92 Å². The minimum atomic E-state index is -0.828. The summed E-state index contributed by atoms with van der Waals surface area (Å²) in [6, 6.07) is -0.221. The summed E-state index contributed by atoms with van der Waals surface area (Å²) in [6.07, 6.45) is 3.23. The number of urea groups is 1. The zero-order valence-electron chi connectivity index (χ0n) is 12.9. The van der Waals surface area contributed by atoms with Gasteiger partial charge in [-0.25, -0.2) is 4.79 Å². The normalized spacial score (nSPS) is 37.3. The number of ether oxygens (including phenoxy) is 2. The lowest BCUT2D eigenvalue weighted by Crippen LogP contribution is -2.70. The van der Waals surface area contributed by atoms with Crippen LogP contribution in [0.5, 0.6) is 0 Å². The van der Waals surface area contributed by atoms with E-state index in [0.717, 1.165) is 19.3 Å². The third kappa shape index (κ3) is 2.56. The Morgan fingerprint density at radius 1 is 1.50 bits per heavy atom. The highest BCUT2D eigenvalue weighted by Gasteiger charge is 2.59. The molecular weight excluding hydrogens is 288 g/mol. The Hall–Kier alpha value is -1.34. The van der Waals surface area contributed by atoms with Crippen LogP contribution in [0.2, 0.25) is 0 Å². The van der Waals surface area contributed by atoms with Crippen molar-refractivity contribution in [3.05, 3.63) is 0 Å². The average molecular weight is 312 g/mol. The maximum Gasteiger partial charge on any atom is 0.317 e. The monoisotopic (exact) mass is 312 g/mol. The number of hydrogen-bond acceptors (Lipinski definition) is 4. The molecule has 0 bridgehead atoms. The molecule has 3 rings (SSSR count). The molecule has 0 aromatic heterocycles. The zero-order valence-corrected chi connectivity index (χ0v) is 12.9. The first-order chi connectivity index (χ1) is 10.6. The van der Waals surface area contributed by atoms with E-state index >= 15 is 0 Å². The summed E-state index contributed by atoms with van der Waals surface area (Å²) in [4.78, 5) is 24.9. The number of carbonyl (C=O) groups is 2. The fourth-order valence-electron chi connectivity index (χ4n) is 3.87. The van der Waals surface area contributed by atoms with Gasteiger partial charge in [0.1, 0.15) is 5.60 Å². The number of likely N-dealkylation sites (tertiary alicyclic amines) is 1. The molecule has 3 fully saturated rings. The predicted molar refractivity (Wildman–Crippen MR) is 77.6 cm³/mol. The number of nitrogens with zero attached hydrogens (tertiary/aromatic N) is 1. The maximum absolute atomic E-state index is 12.3. The second-order valence-corrected chi connectivity index (χ2v) is 6.36. The molecule has 1 spiro atoms. The number of carboxylic acids is 1. The van der Waals surface area contributed by atoms with E-state index in [9.17, 15) is 9.59 Å². The minimum absolute atomic E-state index is 0.0390. The van der Waals surface area contributed by atoms with E-state index in [-0.39, 0.29) is 30.3 Å². The Labute approximate surface area is 129 Å². The van der Waals surface area contributed by atoms with Crippen molar-refractivity contribution >= 4 is 12.0 Å². The average Bonchev–Trinajstić information content (AvgIpc) is 3.16. The number of amides is 2. The SMILES string of the molecule is CCOC1CC(NC(=O)N2CCC(C(=O)O)C2)C12CCCO2. The molecule has 7 heteroatoms. The van der Waals surface area contributed by atoms with Crippen LogP contribution in [0, 0.1) is 5.92 Å². The van der Waals surface area contributed by atoms with E-state index < -0.39 is 11.9 Å². The van der Waals surface area contributed by atoms with Gasteiger partial charge in [0, 0.05) is 26.3 Å². The summed E-state index contributed by atoms with van der Waals surface area (Å²) in [5.41, 5.74) is -0.377. The molecule has 0 aromatic carbocycles. The molecule has 0 aromatic rings. The van der Waals surface area contributed by atoms with Gasteiger partial charge in [0.05, 0.1) is 18.1 Å². The highest BCUT2D eigenvalue weighted by atomic mass is 16.6. The molecule has 124 valence electrons. The summed E-state index contributed by atoms with van der Waals surface area (Å²) in [7, 11) is 0. The second kappa shape index (κ2) is 6.04. The smallest absolute Gasteiger partial charge is 0.317 e. The number of nitrogens with one attached hydrogen (secondary N) is 1. The number of aliphatic carboxylic acids is 1. The van der Waals surface area contributed by atoms with Crippen LogP contribution >= 0.6 is 0 Å². The molecule has 4 unspecified atom stereocenters. The van der Waals surface area contributed by atoms with Crippen LogP contribution in [0.25, 0.3) is 0 Å². The summed E-state index contributed by atoms with van der Waals surface area (Å²) in [5.74, 6) is -1.27. The van der Waals surface area contributed by atoms with Crippen LogP contribution in [0.3, 0.4) is 0 Å². The Bertz CT molecular complexity index is 449. The minimum Gasteiger partial charge on any atom is -0.481 e. The maximum atomic E-state index is 12.3. The molecule has 2 saturated heterocycles. The van der Waals surface area contributed by atoms with Crippen LogP contribution in [0.4, 0.5) is 4.79 Å². The van der Waals surface area contributed by atoms with Gasteiger partial charge in [-0.1, -0.05) is 0 Å². The van der Waals surface area contributed by atoms with Gasteiger partial charge in [-0.3, -0.25) is 4.79 Å². The molecule has 2 heterocycles. The third-order valence-corrected chi connectivity index (χ3v) is 5.16. The highest BCUT2D eigenvalue weighted by Crippen LogP contribution is 2.45. The number of carbonyl (C=O) groups excluding carboxylic acids is 1. The first kappa shape index (κ1) is 15.6. The molecule has 1 aliphatic carbocycles. The molecule has 0 radical (unpaired) electrons. The van der Waals surface area contributed by atoms with Gasteiger partial charge in [0.25, 0.3) is 0 Å². The molecule has 7 nitrogen and oxygen atoms in total. The van der Waals surface area contributed by atoms with Crippen molar-refractivity contribution in [1.82, 2.24) is 10.2 Å². The standard InChI is InChI=1S/C15H24N2O5/c1-2-21-12-8-11(15(12)5-3-7-22-15)16-14(20)17-6-4-10(9-17)13(18)19/h10-12H,2-9H2,1H3,(H,16,20)(H,18,19). The molecule has 22 heavy (non-hydrogen) atoms. The Morgan fingerprint density at radius 3 is 2.91 bits per heavy atom. The van der Waals surface area contributed by atoms with Gasteiger partial charge in [-0.2, -0.15) is 0 Å². The number of hydrogen-bond donors (Lipinski definition) is 2. The van der Waals surface area contributed by atoms with Crippen LogP contribution in [0.15, 0.2) is 0 Å². The predicted octanol–water partition coefficient (Wildman–Crippen LogP) is 0.829. The van der Waals surface area contributed by atoms with Crippen LogP contribution < -0.4 is 5.32 Å². The summed E-state index contributed by atoms with van der Waals surface area (Å²) >= 11 is 0. The lowest BCUT2D eigenvalue weighted by Gasteiger charge is -2.52. The number of rotatable bonds is 4. The topological polar surface area (TPSA) is 88.1 Å². The Kier molecular flexibility index (Phi) is 4.27. The van der Waals surface area contributed by atoms with Crippen molar-refractivity contribution < 1.29 is 24.2 Å². The molecule has 2 N–H and O–H groups in total. The van der Waals surface area contributed by atoms with E-state index in [1.165, 1.54) is 0 Å². The van der Waals surface area contributed by atoms with E-state index in [1.54, 1.807) is 4.90 Å². The summed E-state index contributed by atoms with van der Waals surface area (Å²) < 4.78 is 11.7. The fraction of sp³-hybridized carbons (Fsp3) is 0.867. The van der Waals surface area contributed by atoms with Gasteiger partial charge in [0.15, 0.2) is 0 Å². The molecular formula is C15H24N2O5. The first-order valence-corrected chi connectivity index (χ1v) is 8.10. The van der Waals surface area contributed by atoms with Crippen molar-refractivity contribution in [2.45, 2.75) is 50.4 Å². The molecule has 1 saturated carbocycles. The summed E-state index contributed by atoms with van der Waals surface area (Å²) in [6.45, 7) is 4.10. The molecule has 3 aliphatic rings. The van der Waals surface area contributed by atoms with Gasteiger partial charge in [-0.05, 0) is 32.6 Å². The van der Waals surface area contributed by atoms with Gasteiger partial charge < -0.3 is 24.8 Å².